The van der Waals surface area contributed by atoms with Crippen molar-refractivity contribution in [2.45, 2.75) is 33.2 Å². The van der Waals surface area contributed by atoms with Crippen LogP contribution in [0.3, 0.4) is 0 Å². The highest BCUT2D eigenvalue weighted by atomic mass is 79.9. The van der Waals surface area contributed by atoms with E-state index >= 15 is 0 Å². The number of aliphatic hydroxyl groups excluding tert-OH is 1. The molecule has 1 aromatic carbocycles. The summed E-state index contributed by atoms with van der Waals surface area (Å²) in [5, 5.41) is 12.6. The molecule has 0 bridgehead atoms. The summed E-state index contributed by atoms with van der Waals surface area (Å²) in [6, 6.07) is 5.98. The number of hydrogen-bond acceptors (Lipinski definition) is 3. The van der Waals surface area contributed by atoms with Gasteiger partial charge >= 0.3 is 0 Å². The van der Waals surface area contributed by atoms with Crippen molar-refractivity contribution in [2.24, 2.45) is 5.41 Å². The van der Waals surface area contributed by atoms with Crippen LogP contribution in [0.4, 0.5) is 0 Å². The molecular formula is C15H24BrNO2. The molecule has 19 heavy (non-hydrogen) atoms. The Kier molecular flexibility index (Phi) is 6.83. The number of ether oxygens (including phenoxy) is 1. The zero-order valence-corrected chi connectivity index (χ0v) is 13.6. The maximum Gasteiger partial charge on any atom is 0.119 e. The molecule has 0 aliphatic heterocycles. The van der Waals surface area contributed by atoms with Crippen LogP contribution in [0, 0.1) is 5.41 Å². The molecule has 0 aliphatic rings. The lowest BCUT2D eigenvalue weighted by Crippen LogP contribution is -2.21. The topological polar surface area (TPSA) is 41.5 Å². The summed E-state index contributed by atoms with van der Waals surface area (Å²) in [6.07, 6.45) is 2.09. The molecule has 1 aromatic rings. The summed E-state index contributed by atoms with van der Waals surface area (Å²) >= 11 is 3.54. The molecule has 0 aliphatic carbocycles. The smallest absolute Gasteiger partial charge is 0.119 e. The lowest BCUT2D eigenvalue weighted by Gasteiger charge is -2.21. The summed E-state index contributed by atoms with van der Waals surface area (Å²) in [4.78, 5) is 0. The number of aliphatic hydroxyl groups is 1. The van der Waals surface area contributed by atoms with E-state index in [-0.39, 0.29) is 12.0 Å². The molecule has 0 fully saturated rings. The third-order valence-corrected chi connectivity index (χ3v) is 3.98. The van der Waals surface area contributed by atoms with Gasteiger partial charge in [-0.25, -0.2) is 0 Å². The highest BCUT2D eigenvalue weighted by molar-refractivity contribution is 9.10. The highest BCUT2D eigenvalue weighted by Crippen LogP contribution is 2.23. The van der Waals surface area contributed by atoms with Gasteiger partial charge in [0.05, 0.1) is 7.11 Å². The van der Waals surface area contributed by atoms with Crippen LogP contribution >= 0.6 is 15.9 Å². The van der Waals surface area contributed by atoms with Crippen LogP contribution in [0.15, 0.2) is 22.7 Å². The van der Waals surface area contributed by atoms with E-state index in [2.05, 4.69) is 35.1 Å². The third-order valence-electron chi connectivity index (χ3n) is 3.20. The van der Waals surface area contributed by atoms with Crippen LogP contribution in [0.2, 0.25) is 0 Å². The van der Waals surface area contributed by atoms with Crippen LogP contribution in [-0.4, -0.2) is 25.4 Å². The van der Waals surface area contributed by atoms with E-state index in [1.54, 1.807) is 7.11 Å². The van der Waals surface area contributed by atoms with E-state index in [1.165, 1.54) is 5.56 Å². The minimum absolute atomic E-state index is 0.0260. The maximum absolute atomic E-state index is 9.18. The Morgan fingerprint density at radius 2 is 2.11 bits per heavy atom. The van der Waals surface area contributed by atoms with E-state index < -0.39 is 0 Å². The molecule has 3 nitrogen and oxygen atoms in total. The van der Waals surface area contributed by atoms with Gasteiger partial charge in [-0.2, -0.15) is 0 Å². The summed E-state index contributed by atoms with van der Waals surface area (Å²) in [5.74, 6) is 0.876. The molecule has 0 radical (unpaired) electrons. The number of benzene rings is 1. The maximum atomic E-state index is 9.18. The van der Waals surface area contributed by atoms with Gasteiger partial charge in [-0.05, 0) is 48.6 Å². The molecule has 0 spiro atoms. The van der Waals surface area contributed by atoms with Gasteiger partial charge in [-0.1, -0.05) is 29.8 Å². The molecule has 0 saturated carbocycles. The first-order valence-corrected chi connectivity index (χ1v) is 7.42. The lowest BCUT2D eigenvalue weighted by atomic mass is 9.89. The van der Waals surface area contributed by atoms with Crippen LogP contribution in [0.25, 0.3) is 0 Å². The van der Waals surface area contributed by atoms with Gasteiger partial charge < -0.3 is 15.2 Å². The summed E-state index contributed by atoms with van der Waals surface area (Å²) in [5.41, 5.74) is 1.22. The van der Waals surface area contributed by atoms with Gasteiger partial charge in [0.25, 0.3) is 0 Å². The van der Waals surface area contributed by atoms with Gasteiger partial charge in [-0.15, -0.1) is 0 Å². The van der Waals surface area contributed by atoms with Gasteiger partial charge in [0.2, 0.25) is 0 Å². The zero-order valence-electron chi connectivity index (χ0n) is 12.0. The Labute approximate surface area is 124 Å². The molecule has 108 valence electrons. The lowest BCUT2D eigenvalue weighted by molar-refractivity contribution is 0.148. The number of rotatable bonds is 8. The van der Waals surface area contributed by atoms with Gasteiger partial charge in [-0.3, -0.25) is 0 Å². The first-order valence-electron chi connectivity index (χ1n) is 6.62. The fourth-order valence-corrected chi connectivity index (χ4v) is 2.19. The average Bonchev–Trinajstić information content (AvgIpc) is 2.40. The largest absolute Gasteiger partial charge is 0.497 e. The van der Waals surface area contributed by atoms with Crippen molar-refractivity contribution in [1.82, 2.24) is 5.32 Å². The Bertz CT molecular complexity index is 394. The quantitative estimate of drug-likeness (QED) is 0.718. The van der Waals surface area contributed by atoms with Gasteiger partial charge in [0, 0.05) is 17.6 Å². The van der Waals surface area contributed by atoms with Crippen molar-refractivity contribution in [3.05, 3.63) is 28.2 Å². The van der Waals surface area contributed by atoms with Crippen LogP contribution in [0.5, 0.6) is 5.75 Å². The zero-order chi connectivity index (χ0) is 14.3. The Morgan fingerprint density at radius 3 is 2.74 bits per heavy atom. The number of halogens is 1. The first kappa shape index (κ1) is 16.5. The van der Waals surface area contributed by atoms with Crippen LogP contribution in [-0.2, 0) is 6.54 Å². The van der Waals surface area contributed by atoms with Crippen molar-refractivity contribution in [1.29, 1.82) is 0 Å². The SMILES string of the molecule is COc1ccc(Br)c(CNCCCC(C)(C)CO)c1. The molecule has 0 atom stereocenters. The van der Waals surface area contributed by atoms with E-state index in [9.17, 15) is 5.11 Å². The molecule has 1 rings (SSSR count). The molecule has 0 aromatic heterocycles. The second-order valence-corrected chi connectivity index (χ2v) is 6.41. The normalized spacial score (nSPS) is 11.6. The van der Waals surface area contributed by atoms with Crippen LogP contribution < -0.4 is 10.1 Å². The fourth-order valence-electron chi connectivity index (χ4n) is 1.81. The van der Waals surface area contributed by atoms with Crippen molar-refractivity contribution in [3.63, 3.8) is 0 Å². The summed E-state index contributed by atoms with van der Waals surface area (Å²) < 4.78 is 6.31. The minimum atomic E-state index is 0.0260. The molecule has 0 unspecified atom stereocenters. The van der Waals surface area contributed by atoms with E-state index in [0.717, 1.165) is 36.2 Å². The minimum Gasteiger partial charge on any atom is -0.497 e. The monoisotopic (exact) mass is 329 g/mol. The number of nitrogens with one attached hydrogen (secondary N) is 1. The molecular weight excluding hydrogens is 306 g/mol. The molecule has 0 amide bonds. The predicted octanol–water partition coefficient (Wildman–Crippen LogP) is 3.35. The highest BCUT2D eigenvalue weighted by Gasteiger charge is 2.15. The van der Waals surface area contributed by atoms with Gasteiger partial charge in [0.15, 0.2) is 0 Å². The summed E-state index contributed by atoms with van der Waals surface area (Å²) in [6.45, 7) is 6.19. The number of methoxy groups -OCH3 is 1. The Hall–Kier alpha value is -0.580. The average molecular weight is 330 g/mol. The standard InChI is InChI=1S/C15H24BrNO2/c1-15(2,11-18)7-4-8-17-10-12-9-13(19-3)5-6-14(12)16/h5-6,9,17-18H,4,7-8,10-11H2,1-3H3. The Balaban J connectivity index is 2.33. The summed E-state index contributed by atoms with van der Waals surface area (Å²) in [7, 11) is 1.68. The second kappa shape index (κ2) is 7.88. The van der Waals surface area contributed by atoms with Gasteiger partial charge in [0.1, 0.15) is 5.75 Å². The first-order chi connectivity index (χ1) is 8.98. The third kappa shape index (κ3) is 5.93. The van der Waals surface area contributed by atoms with Crippen LogP contribution in [0.1, 0.15) is 32.3 Å². The van der Waals surface area contributed by atoms with Crippen molar-refractivity contribution < 1.29 is 9.84 Å². The molecule has 0 saturated heterocycles. The molecule has 4 heteroatoms. The van der Waals surface area contributed by atoms with Crippen molar-refractivity contribution in [3.8, 4) is 5.75 Å². The van der Waals surface area contributed by atoms with E-state index in [1.807, 2.05) is 18.2 Å². The second-order valence-electron chi connectivity index (χ2n) is 5.56. The Morgan fingerprint density at radius 1 is 1.37 bits per heavy atom. The fraction of sp³-hybridized carbons (Fsp3) is 0.600. The molecule has 0 heterocycles. The number of hydrogen-bond donors (Lipinski definition) is 2. The van der Waals surface area contributed by atoms with E-state index in [0.29, 0.717) is 0 Å². The predicted molar refractivity (Wildman–Crippen MR) is 82.5 cm³/mol. The van der Waals surface area contributed by atoms with Crippen molar-refractivity contribution >= 4 is 15.9 Å². The molecule has 2 N–H and O–H groups in total. The van der Waals surface area contributed by atoms with Crippen molar-refractivity contribution in [2.75, 3.05) is 20.3 Å². The van der Waals surface area contributed by atoms with E-state index in [4.69, 9.17) is 4.74 Å².